The number of para-hydroxylation sites is 1. The van der Waals surface area contributed by atoms with E-state index in [9.17, 15) is 0 Å². The highest BCUT2D eigenvalue weighted by atomic mass is 15.2. The molecule has 0 saturated heterocycles. The number of hydrogen-bond donors (Lipinski definition) is 1. The maximum Gasteiger partial charge on any atom is 0.141 e. The Morgan fingerprint density at radius 2 is 1.84 bits per heavy atom. The van der Waals surface area contributed by atoms with Crippen molar-refractivity contribution in [2.75, 3.05) is 17.7 Å². The van der Waals surface area contributed by atoms with E-state index >= 15 is 0 Å². The summed E-state index contributed by atoms with van der Waals surface area (Å²) in [6.45, 7) is 4.07. The van der Waals surface area contributed by atoms with Gasteiger partial charge in [-0.25, -0.2) is 9.97 Å². The van der Waals surface area contributed by atoms with Crippen molar-refractivity contribution in [2.45, 2.75) is 26.7 Å². The summed E-state index contributed by atoms with van der Waals surface area (Å²) in [7, 11) is 2.00. The van der Waals surface area contributed by atoms with Crippen LogP contribution in [0, 0.1) is 6.92 Å². The fraction of sp³-hybridized carbons (Fsp3) is 0.333. The first-order valence-electron chi connectivity index (χ1n) is 6.55. The highest BCUT2D eigenvalue weighted by Crippen LogP contribution is 2.27. The van der Waals surface area contributed by atoms with E-state index in [0.29, 0.717) is 5.82 Å². The number of nitrogens with two attached hydrogens (primary N) is 1. The molecule has 0 radical (unpaired) electrons. The van der Waals surface area contributed by atoms with Gasteiger partial charge < -0.3 is 10.6 Å². The van der Waals surface area contributed by atoms with Crippen LogP contribution in [-0.4, -0.2) is 17.0 Å². The average molecular weight is 256 g/mol. The first-order valence-corrected chi connectivity index (χ1v) is 6.55. The number of rotatable bonds is 4. The first kappa shape index (κ1) is 13.3. The molecule has 0 bridgehead atoms. The van der Waals surface area contributed by atoms with Gasteiger partial charge in [-0.3, -0.25) is 0 Å². The van der Waals surface area contributed by atoms with Crippen LogP contribution in [0.15, 0.2) is 30.3 Å². The number of benzene rings is 1. The molecular weight excluding hydrogens is 236 g/mol. The van der Waals surface area contributed by atoms with Gasteiger partial charge in [0.2, 0.25) is 0 Å². The number of nitrogens with zero attached hydrogens (tertiary/aromatic N) is 3. The molecule has 1 aromatic carbocycles. The van der Waals surface area contributed by atoms with Gasteiger partial charge in [-0.2, -0.15) is 0 Å². The van der Waals surface area contributed by atoms with Crippen LogP contribution in [0.5, 0.6) is 0 Å². The summed E-state index contributed by atoms with van der Waals surface area (Å²) in [6, 6.07) is 10.1. The SMILES string of the molecule is CCCc1nc(N)c(C)c(N(C)c2ccccc2)n1. The maximum atomic E-state index is 5.99. The Labute approximate surface area is 114 Å². The Kier molecular flexibility index (Phi) is 4.00. The largest absolute Gasteiger partial charge is 0.383 e. The second-order valence-electron chi connectivity index (χ2n) is 4.62. The lowest BCUT2D eigenvalue weighted by atomic mass is 10.2. The van der Waals surface area contributed by atoms with Gasteiger partial charge in [0.25, 0.3) is 0 Å². The molecule has 4 heteroatoms. The molecule has 0 aliphatic carbocycles. The minimum atomic E-state index is 0.566. The van der Waals surface area contributed by atoms with E-state index in [1.807, 2.05) is 37.1 Å². The summed E-state index contributed by atoms with van der Waals surface area (Å²) in [6.07, 6.45) is 1.86. The topological polar surface area (TPSA) is 55.0 Å². The van der Waals surface area contributed by atoms with Crippen molar-refractivity contribution in [3.63, 3.8) is 0 Å². The predicted molar refractivity (Wildman–Crippen MR) is 79.7 cm³/mol. The van der Waals surface area contributed by atoms with Crippen LogP contribution in [0.4, 0.5) is 17.3 Å². The third-order valence-electron chi connectivity index (χ3n) is 3.14. The number of nitrogen functional groups attached to an aromatic ring is 1. The van der Waals surface area contributed by atoms with Crippen molar-refractivity contribution in [2.24, 2.45) is 0 Å². The molecule has 0 aliphatic rings. The van der Waals surface area contributed by atoms with Gasteiger partial charge in [0, 0.05) is 24.7 Å². The van der Waals surface area contributed by atoms with Crippen LogP contribution in [0.25, 0.3) is 0 Å². The number of anilines is 3. The summed E-state index contributed by atoms with van der Waals surface area (Å²) >= 11 is 0. The zero-order chi connectivity index (χ0) is 13.8. The molecule has 19 heavy (non-hydrogen) atoms. The fourth-order valence-electron chi connectivity index (χ4n) is 2.00. The smallest absolute Gasteiger partial charge is 0.141 e. The molecule has 1 heterocycles. The zero-order valence-electron chi connectivity index (χ0n) is 11.7. The summed E-state index contributed by atoms with van der Waals surface area (Å²) in [5.41, 5.74) is 8.00. The lowest BCUT2D eigenvalue weighted by Crippen LogP contribution is -2.16. The highest BCUT2D eigenvalue weighted by molar-refractivity contribution is 5.65. The van der Waals surface area contributed by atoms with Crippen molar-refractivity contribution >= 4 is 17.3 Å². The summed E-state index contributed by atoms with van der Waals surface area (Å²) < 4.78 is 0. The van der Waals surface area contributed by atoms with Crippen molar-refractivity contribution < 1.29 is 0 Å². The van der Waals surface area contributed by atoms with Gasteiger partial charge in [0.05, 0.1) is 0 Å². The Morgan fingerprint density at radius 1 is 1.16 bits per heavy atom. The highest BCUT2D eigenvalue weighted by Gasteiger charge is 2.13. The third kappa shape index (κ3) is 2.84. The minimum absolute atomic E-state index is 0.566. The van der Waals surface area contributed by atoms with Crippen LogP contribution in [0.3, 0.4) is 0 Å². The molecule has 2 N–H and O–H groups in total. The van der Waals surface area contributed by atoms with E-state index < -0.39 is 0 Å². The van der Waals surface area contributed by atoms with E-state index in [1.54, 1.807) is 0 Å². The molecule has 0 fully saturated rings. The van der Waals surface area contributed by atoms with Gasteiger partial charge in [-0.15, -0.1) is 0 Å². The van der Waals surface area contributed by atoms with Crippen molar-refractivity contribution in [1.29, 1.82) is 0 Å². The zero-order valence-corrected chi connectivity index (χ0v) is 11.7. The second kappa shape index (κ2) is 5.69. The molecule has 0 unspecified atom stereocenters. The monoisotopic (exact) mass is 256 g/mol. The van der Waals surface area contributed by atoms with Gasteiger partial charge in [-0.1, -0.05) is 25.1 Å². The Morgan fingerprint density at radius 3 is 2.47 bits per heavy atom. The fourth-order valence-corrected chi connectivity index (χ4v) is 2.00. The quantitative estimate of drug-likeness (QED) is 0.913. The summed E-state index contributed by atoms with van der Waals surface area (Å²) in [5, 5.41) is 0. The van der Waals surface area contributed by atoms with E-state index in [2.05, 4.69) is 29.0 Å². The molecular formula is C15H20N4. The normalized spacial score (nSPS) is 10.5. The molecule has 0 saturated carbocycles. The molecule has 0 amide bonds. The molecule has 100 valence electrons. The molecule has 1 aromatic heterocycles. The van der Waals surface area contributed by atoms with Gasteiger partial charge >= 0.3 is 0 Å². The molecule has 2 rings (SSSR count). The molecule has 0 spiro atoms. The third-order valence-corrected chi connectivity index (χ3v) is 3.14. The Balaban J connectivity index is 2.43. The Bertz CT molecular complexity index is 552. The van der Waals surface area contributed by atoms with E-state index in [4.69, 9.17) is 5.73 Å². The van der Waals surface area contributed by atoms with Crippen molar-refractivity contribution in [3.05, 3.63) is 41.7 Å². The molecule has 4 nitrogen and oxygen atoms in total. The maximum absolute atomic E-state index is 5.99. The second-order valence-corrected chi connectivity index (χ2v) is 4.62. The summed E-state index contributed by atoms with van der Waals surface area (Å²) in [4.78, 5) is 11.0. The molecule has 0 atom stereocenters. The number of aromatic nitrogens is 2. The van der Waals surface area contributed by atoms with Crippen molar-refractivity contribution in [3.8, 4) is 0 Å². The van der Waals surface area contributed by atoms with Crippen LogP contribution in [-0.2, 0) is 6.42 Å². The first-order chi connectivity index (χ1) is 9.13. The van der Waals surface area contributed by atoms with Crippen LogP contribution >= 0.6 is 0 Å². The van der Waals surface area contributed by atoms with E-state index in [-0.39, 0.29) is 0 Å². The minimum Gasteiger partial charge on any atom is -0.383 e. The molecule has 0 aliphatic heterocycles. The van der Waals surface area contributed by atoms with Gasteiger partial charge in [0.1, 0.15) is 17.5 Å². The average Bonchev–Trinajstić information content (AvgIpc) is 2.43. The van der Waals surface area contributed by atoms with Gasteiger partial charge in [-0.05, 0) is 25.5 Å². The van der Waals surface area contributed by atoms with Crippen LogP contribution in [0.2, 0.25) is 0 Å². The lowest BCUT2D eigenvalue weighted by Gasteiger charge is -2.21. The van der Waals surface area contributed by atoms with E-state index in [0.717, 1.165) is 35.7 Å². The summed E-state index contributed by atoms with van der Waals surface area (Å²) in [5.74, 6) is 2.25. The van der Waals surface area contributed by atoms with E-state index in [1.165, 1.54) is 0 Å². The number of hydrogen-bond acceptors (Lipinski definition) is 4. The van der Waals surface area contributed by atoms with Crippen molar-refractivity contribution in [1.82, 2.24) is 9.97 Å². The predicted octanol–water partition coefficient (Wildman–Crippen LogP) is 3.09. The standard InChI is InChI=1S/C15H20N4/c1-4-8-13-17-14(16)11(2)15(18-13)19(3)12-9-6-5-7-10-12/h5-7,9-10H,4,8H2,1-3H3,(H2,16,17,18). The van der Waals surface area contributed by atoms with Gasteiger partial charge in [0.15, 0.2) is 0 Å². The lowest BCUT2D eigenvalue weighted by molar-refractivity contribution is 0.830. The van der Waals surface area contributed by atoms with Crippen LogP contribution < -0.4 is 10.6 Å². The molecule has 2 aromatic rings. The van der Waals surface area contributed by atoms with Crippen LogP contribution in [0.1, 0.15) is 24.7 Å². The Hall–Kier alpha value is -2.10. The number of aryl methyl sites for hydroxylation is 1.